The first kappa shape index (κ1) is 24.7. The fraction of sp³-hybridized carbons (Fsp3) is 0.321. The summed E-state index contributed by atoms with van der Waals surface area (Å²) in [7, 11) is 0. The van der Waals surface area contributed by atoms with Gasteiger partial charge in [-0.1, -0.05) is 23.8 Å². The van der Waals surface area contributed by atoms with Gasteiger partial charge in [0.25, 0.3) is 5.91 Å². The lowest BCUT2D eigenvalue weighted by Gasteiger charge is -2.40. The van der Waals surface area contributed by atoms with E-state index < -0.39 is 5.92 Å². The maximum Gasteiger partial charge on any atom is 0.253 e. The Bertz CT molecular complexity index is 1170. The van der Waals surface area contributed by atoms with E-state index in [2.05, 4.69) is 5.32 Å². The third-order valence-corrected chi connectivity index (χ3v) is 7.47. The van der Waals surface area contributed by atoms with Crippen LogP contribution in [0.25, 0.3) is 0 Å². The molecule has 1 saturated heterocycles. The first-order chi connectivity index (χ1) is 16.9. The Balaban J connectivity index is 1.58. The number of thiophene rings is 1. The van der Waals surface area contributed by atoms with Crippen LogP contribution in [-0.2, 0) is 9.59 Å². The molecule has 0 bridgehead atoms. The quantitative estimate of drug-likeness (QED) is 0.465. The lowest BCUT2D eigenvalue weighted by Crippen LogP contribution is -2.46. The Morgan fingerprint density at radius 1 is 1.03 bits per heavy atom. The first-order valence-corrected chi connectivity index (χ1v) is 12.9. The molecule has 0 radical (unpaired) electrons. The van der Waals surface area contributed by atoms with Crippen LogP contribution in [0.4, 0.5) is 11.4 Å². The summed E-state index contributed by atoms with van der Waals surface area (Å²) in [6.45, 7) is 7.21. The van der Waals surface area contributed by atoms with Crippen LogP contribution < -0.4 is 10.2 Å². The van der Waals surface area contributed by atoms with Gasteiger partial charge in [0, 0.05) is 41.3 Å². The van der Waals surface area contributed by atoms with Gasteiger partial charge in [0.1, 0.15) is 0 Å². The lowest BCUT2D eigenvalue weighted by atomic mass is 9.86. The van der Waals surface area contributed by atoms with Crippen LogP contribution in [0.5, 0.6) is 0 Å². The monoisotopic (exact) mass is 489 g/mol. The second kappa shape index (κ2) is 10.9. The molecule has 6 nitrogen and oxygen atoms in total. The van der Waals surface area contributed by atoms with Crippen molar-refractivity contribution in [1.29, 1.82) is 0 Å². The van der Waals surface area contributed by atoms with Crippen LogP contribution in [0.3, 0.4) is 0 Å². The van der Waals surface area contributed by atoms with Gasteiger partial charge in [0.2, 0.25) is 11.8 Å². The summed E-state index contributed by atoms with van der Waals surface area (Å²) in [5.74, 6) is -0.527. The Morgan fingerprint density at radius 3 is 2.31 bits per heavy atom. The molecule has 0 saturated carbocycles. The number of carbonyl (C=O) groups excluding carboxylic acids is 3. The number of carbonyl (C=O) groups is 3. The summed E-state index contributed by atoms with van der Waals surface area (Å²) in [5.41, 5.74) is 3.14. The molecule has 1 aliphatic rings. The topological polar surface area (TPSA) is 69.7 Å². The minimum absolute atomic E-state index is 0.0230. The second-order valence-electron chi connectivity index (χ2n) is 8.75. The molecule has 1 aromatic heterocycles. The number of anilines is 2. The van der Waals surface area contributed by atoms with Gasteiger partial charge in [-0.25, -0.2) is 0 Å². The molecular weight excluding hydrogens is 458 g/mol. The summed E-state index contributed by atoms with van der Waals surface area (Å²) < 4.78 is 0. The second-order valence-corrected chi connectivity index (χ2v) is 9.73. The maximum atomic E-state index is 13.5. The zero-order valence-electron chi connectivity index (χ0n) is 20.4. The molecule has 0 aliphatic carbocycles. The first-order valence-electron chi connectivity index (χ1n) is 12.0. The van der Waals surface area contributed by atoms with Crippen LogP contribution in [0.2, 0.25) is 0 Å². The number of piperidine rings is 1. The predicted octanol–water partition coefficient (Wildman–Crippen LogP) is 5.66. The van der Waals surface area contributed by atoms with E-state index in [0.29, 0.717) is 37.2 Å². The molecule has 3 aromatic rings. The highest BCUT2D eigenvalue weighted by molar-refractivity contribution is 7.10. The maximum absolute atomic E-state index is 13.5. The van der Waals surface area contributed by atoms with Crippen LogP contribution in [-0.4, -0.2) is 35.7 Å². The van der Waals surface area contributed by atoms with E-state index in [4.69, 9.17) is 0 Å². The normalized spacial score (nSPS) is 17.8. The van der Waals surface area contributed by atoms with Crippen molar-refractivity contribution in [2.45, 2.75) is 39.7 Å². The molecule has 1 aliphatic heterocycles. The van der Waals surface area contributed by atoms with E-state index >= 15 is 0 Å². The molecule has 2 aromatic carbocycles. The van der Waals surface area contributed by atoms with Crippen molar-refractivity contribution in [3.63, 3.8) is 0 Å². The molecule has 2 heterocycles. The van der Waals surface area contributed by atoms with Gasteiger partial charge in [0.05, 0.1) is 12.0 Å². The van der Waals surface area contributed by atoms with E-state index in [1.807, 2.05) is 62.5 Å². The highest BCUT2D eigenvalue weighted by atomic mass is 32.1. The number of benzene rings is 2. The largest absolute Gasteiger partial charge is 0.339 e. The molecule has 35 heavy (non-hydrogen) atoms. The molecule has 3 amide bonds. The molecule has 182 valence electrons. The number of nitrogens with zero attached hydrogens (tertiary/aromatic N) is 2. The predicted molar refractivity (Wildman–Crippen MR) is 141 cm³/mol. The van der Waals surface area contributed by atoms with Crippen LogP contribution in [0.15, 0.2) is 66.0 Å². The van der Waals surface area contributed by atoms with Gasteiger partial charge >= 0.3 is 0 Å². The number of hydrogen-bond acceptors (Lipinski definition) is 4. The summed E-state index contributed by atoms with van der Waals surface area (Å²) in [6.07, 6.45) is 0.791. The van der Waals surface area contributed by atoms with E-state index in [9.17, 15) is 14.4 Å². The van der Waals surface area contributed by atoms with Crippen molar-refractivity contribution in [3.8, 4) is 0 Å². The number of aryl methyl sites for hydroxylation is 1. The van der Waals surface area contributed by atoms with Crippen molar-refractivity contribution in [3.05, 3.63) is 82.0 Å². The van der Waals surface area contributed by atoms with E-state index in [0.717, 1.165) is 16.1 Å². The van der Waals surface area contributed by atoms with Gasteiger partial charge < -0.3 is 15.1 Å². The van der Waals surface area contributed by atoms with Crippen LogP contribution in [0, 0.1) is 12.8 Å². The fourth-order valence-corrected chi connectivity index (χ4v) is 5.47. The molecule has 1 N–H and O–H groups in total. The van der Waals surface area contributed by atoms with Crippen LogP contribution in [0.1, 0.15) is 53.5 Å². The third-order valence-electron chi connectivity index (χ3n) is 6.53. The van der Waals surface area contributed by atoms with E-state index in [1.54, 1.807) is 45.4 Å². The lowest BCUT2D eigenvalue weighted by molar-refractivity contribution is -0.125. The van der Waals surface area contributed by atoms with Crippen molar-refractivity contribution < 1.29 is 14.4 Å². The number of nitrogens with one attached hydrogen (secondary N) is 1. The molecule has 1 fully saturated rings. The smallest absolute Gasteiger partial charge is 0.253 e. The molecule has 4 rings (SSSR count). The Hall–Kier alpha value is -3.45. The van der Waals surface area contributed by atoms with E-state index in [-0.39, 0.29) is 23.8 Å². The van der Waals surface area contributed by atoms with Crippen molar-refractivity contribution >= 4 is 40.4 Å². The SMILES string of the molecule is CCN(CC)C(=O)c1ccc(NC(=O)[C@@H]2CCC(=O)N(c3ccc(C)cc3)[C@@H]2c2cccs2)cc1. The third kappa shape index (κ3) is 5.30. The molecule has 0 spiro atoms. The van der Waals surface area contributed by atoms with Gasteiger partial charge in [-0.3, -0.25) is 14.4 Å². The highest BCUT2D eigenvalue weighted by Crippen LogP contribution is 2.42. The summed E-state index contributed by atoms with van der Waals surface area (Å²) in [6, 6.07) is 18.4. The standard InChI is InChI=1S/C28H31N3O3S/c1-4-30(5-2)28(34)20-10-12-21(13-11-20)29-27(33)23-16-17-25(32)31(22-14-8-19(3)9-15-22)26(23)24-7-6-18-35-24/h6-15,18,23,26H,4-5,16-17H2,1-3H3,(H,29,33)/t23-,26+/m1/s1. The Kier molecular flexibility index (Phi) is 7.66. The zero-order chi connectivity index (χ0) is 24.9. The summed E-state index contributed by atoms with van der Waals surface area (Å²) in [4.78, 5) is 43.7. The molecular formula is C28H31N3O3S. The average Bonchev–Trinajstić information content (AvgIpc) is 3.40. The van der Waals surface area contributed by atoms with Gasteiger partial charge in [-0.15, -0.1) is 11.3 Å². The van der Waals surface area contributed by atoms with Gasteiger partial charge in [-0.05, 0) is 75.0 Å². The zero-order valence-corrected chi connectivity index (χ0v) is 21.2. The van der Waals surface area contributed by atoms with Crippen molar-refractivity contribution in [2.75, 3.05) is 23.3 Å². The molecule has 7 heteroatoms. The van der Waals surface area contributed by atoms with E-state index in [1.165, 1.54) is 0 Å². The average molecular weight is 490 g/mol. The fourth-order valence-electron chi connectivity index (χ4n) is 4.59. The minimum Gasteiger partial charge on any atom is -0.339 e. The number of hydrogen-bond donors (Lipinski definition) is 1. The van der Waals surface area contributed by atoms with Crippen molar-refractivity contribution in [2.24, 2.45) is 5.92 Å². The molecule has 2 atom stereocenters. The van der Waals surface area contributed by atoms with Gasteiger partial charge in [0.15, 0.2) is 0 Å². The summed E-state index contributed by atoms with van der Waals surface area (Å²) in [5, 5.41) is 5.00. The van der Waals surface area contributed by atoms with Crippen LogP contribution >= 0.6 is 11.3 Å². The number of amides is 3. The van der Waals surface area contributed by atoms with Gasteiger partial charge in [-0.2, -0.15) is 0 Å². The Morgan fingerprint density at radius 2 is 1.71 bits per heavy atom. The molecule has 0 unspecified atom stereocenters. The number of rotatable bonds is 7. The summed E-state index contributed by atoms with van der Waals surface area (Å²) >= 11 is 1.56. The minimum atomic E-state index is -0.398. The van der Waals surface area contributed by atoms with Crippen molar-refractivity contribution in [1.82, 2.24) is 4.90 Å². The highest BCUT2D eigenvalue weighted by Gasteiger charge is 2.42. The Labute approximate surface area is 210 Å².